The monoisotopic (exact) mass is 520 g/mol. The number of phenolic OH excluding ortho intramolecular Hbond substituents is 1. The molecule has 0 amide bonds. The van der Waals surface area contributed by atoms with Gasteiger partial charge in [-0.25, -0.2) is 0 Å². The largest absolute Gasteiger partial charge is 0.506 e. The molecule has 1 unspecified atom stereocenters. The summed E-state index contributed by atoms with van der Waals surface area (Å²) in [5.41, 5.74) is 6.16. The Morgan fingerprint density at radius 3 is 2.41 bits per heavy atom. The van der Waals surface area contributed by atoms with Crippen molar-refractivity contribution in [1.82, 2.24) is 4.98 Å². The van der Waals surface area contributed by atoms with Crippen molar-refractivity contribution in [3.05, 3.63) is 119 Å². The maximum Gasteiger partial charge on any atom is 0.248 e. The standard InChI is InChI=1S/C33H32N2O4/c1-39-31-19-15-25(21-28(31)23-8-3-2-4-9-23)34-24-13-11-22(12-14-24)7-5-6-10-29(36)26-16-18-30(37)33-27(26)17-20-32(38)35-33/h2-4,8-9,11-21,29,34,36-37H,5-7,10H2,1H3,(H,35,38). The van der Waals surface area contributed by atoms with E-state index < -0.39 is 6.10 Å². The molecule has 0 saturated carbocycles. The Labute approximate surface area is 227 Å². The molecule has 0 fully saturated rings. The van der Waals surface area contributed by atoms with Gasteiger partial charge < -0.3 is 25.3 Å². The van der Waals surface area contributed by atoms with Gasteiger partial charge in [-0.1, -0.05) is 55.0 Å². The third-order valence-electron chi connectivity index (χ3n) is 6.99. The molecule has 5 rings (SSSR count). The number of rotatable bonds is 10. The highest BCUT2D eigenvalue weighted by Crippen LogP contribution is 2.34. The molecule has 39 heavy (non-hydrogen) atoms. The van der Waals surface area contributed by atoms with Gasteiger partial charge in [-0.2, -0.15) is 0 Å². The van der Waals surface area contributed by atoms with E-state index in [0.29, 0.717) is 22.9 Å². The molecule has 0 spiro atoms. The summed E-state index contributed by atoms with van der Waals surface area (Å²) in [6, 6.07) is 31.0. The van der Waals surface area contributed by atoms with Crippen molar-refractivity contribution in [2.75, 3.05) is 12.4 Å². The van der Waals surface area contributed by atoms with Crippen molar-refractivity contribution in [2.45, 2.75) is 31.8 Å². The van der Waals surface area contributed by atoms with Crippen LogP contribution in [0.4, 0.5) is 11.4 Å². The number of phenols is 1. The Kier molecular flexibility index (Phi) is 7.94. The highest BCUT2D eigenvalue weighted by atomic mass is 16.5. The highest BCUT2D eigenvalue weighted by Gasteiger charge is 2.14. The number of pyridine rings is 1. The SMILES string of the molecule is COc1ccc(Nc2ccc(CCCCC(O)c3ccc(O)c4[nH]c(=O)ccc34)cc2)cc1-c1ccccc1. The van der Waals surface area contributed by atoms with E-state index in [9.17, 15) is 15.0 Å². The summed E-state index contributed by atoms with van der Waals surface area (Å²) in [7, 11) is 1.69. The van der Waals surface area contributed by atoms with Crippen molar-refractivity contribution in [3.8, 4) is 22.6 Å². The second kappa shape index (κ2) is 11.9. The van der Waals surface area contributed by atoms with Crippen LogP contribution in [-0.4, -0.2) is 22.3 Å². The minimum Gasteiger partial charge on any atom is -0.506 e. The number of aromatic hydroxyl groups is 1. The Morgan fingerprint density at radius 2 is 1.64 bits per heavy atom. The van der Waals surface area contributed by atoms with Crippen molar-refractivity contribution in [3.63, 3.8) is 0 Å². The molecule has 0 aliphatic carbocycles. The maximum atomic E-state index is 11.6. The maximum absolute atomic E-state index is 11.6. The number of unbranched alkanes of at least 4 members (excludes halogenated alkanes) is 1. The quantitative estimate of drug-likeness (QED) is 0.147. The third kappa shape index (κ3) is 6.13. The summed E-state index contributed by atoms with van der Waals surface area (Å²) in [5.74, 6) is 0.834. The number of methoxy groups -OCH3 is 1. The normalized spacial score (nSPS) is 11.8. The van der Waals surface area contributed by atoms with E-state index in [1.807, 2.05) is 30.3 Å². The number of H-pyrrole nitrogens is 1. The van der Waals surface area contributed by atoms with E-state index in [0.717, 1.165) is 47.5 Å². The highest BCUT2D eigenvalue weighted by molar-refractivity contribution is 5.87. The van der Waals surface area contributed by atoms with Crippen molar-refractivity contribution in [1.29, 1.82) is 0 Å². The van der Waals surface area contributed by atoms with Crippen molar-refractivity contribution < 1.29 is 14.9 Å². The van der Waals surface area contributed by atoms with Crippen molar-refractivity contribution >= 4 is 22.3 Å². The van der Waals surface area contributed by atoms with Gasteiger partial charge >= 0.3 is 0 Å². The predicted octanol–water partition coefficient (Wildman–Crippen LogP) is 7.10. The second-order valence-corrected chi connectivity index (χ2v) is 9.65. The van der Waals surface area contributed by atoms with Crippen LogP contribution in [0, 0.1) is 0 Å². The lowest BCUT2D eigenvalue weighted by molar-refractivity contribution is 0.165. The zero-order valence-electron chi connectivity index (χ0n) is 21.9. The van der Waals surface area contributed by atoms with Gasteiger partial charge in [-0.15, -0.1) is 0 Å². The predicted molar refractivity (Wildman–Crippen MR) is 157 cm³/mol. The number of hydrogen-bond acceptors (Lipinski definition) is 5. The molecule has 6 nitrogen and oxygen atoms in total. The molecule has 4 aromatic carbocycles. The Morgan fingerprint density at radius 1 is 0.872 bits per heavy atom. The molecule has 0 aliphatic rings. The first-order valence-corrected chi connectivity index (χ1v) is 13.1. The number of aromatic amines is 1. The lowest BCUT2D eigenvalue weighted by Crippen LogP contribution is -2.05. The van der Waals surface area contributed by atoms with Crippen LogP contribution in [0.15, 0.2) is 102 Å². The Hall–Kier alpha value is -4.55. The van der Waals surface area contributed by atoms with Crippen LogP contribution in [0.25, 0.3) is 22.0 Å². The first-order valence-electron chi connectivity index (χ1n) is 13.1. The van der Waals surface area contributed by atoms with Crippen LogP contribution in [0.2, 0.25) is 0 Å². The zero-order chi connectivity index (χ0) is 27.2. The average molecular weight is 521 g/mol. The zero-order valence-corrected chi connectivity index (χ0v) is 21.9. The lowest BCUT2D eigenvalue weighted by atomic mass is 9.97. The summed E-state index contributed by atoms with van der Waals surface area (Å²) in [5, 5.41) is 25.0. The first-order chi connectivity index (χ1) is 19.0. The number of hydrogen-bond donors (Lipinski definition) is 4. The molecule has 1 heterocycles. The first kappa shape index (κ1) is 26.1. The summed E-state index contributed by atoms with van der Waals surface area (Å²) < 4.78 is 5.57. The molecular weight excluding hydrogens is 488 g/mol. The molecule has 0 radical (unpaired) electrons. The summed E-state index contributed by atoms with van der Waals surface area (Å²) >= 11 is 0. The van der Waals surface area contributed by atoms with Gasteiger partial charge in [-0.05, 0) is 78.4 Å². The molecule has 198 valence electrons. The second-order valence-electron chi connectivity index (χ2n) is 9.65. The van der Waals surface area contributed by atoms with Gasteiger partial charge in [0.2, 0.25) is 5.56 Å². The van der Waals surface area contributed by atoms with E-state index >= 15 is 0 Å². The van der Waals surface area contributed by atoms with Crippen LogP contribution >= 0.6 is 0 Å². The van der Waals surface area contributed by atoms with Gasteiger partial charge in [0, 0.05) is 28.4 Å². The number of ether oxygens (including phenoxy) is 1. The Bertz CT molecular complexity index is 1610. The Balaban J connectivity index is 1.16. The number of benzene rings is 4. The van der Waals surface area contributed by atoms with Crippen LogP contribution in [-0.2, 0) is 6.42 Å². The van der Waals surface area contributed by atoms with Gasteiger partial charge in [0.1, 0.15) is 11.5 Å². The molecule has 6 heteroatoms. The minimum atomic E-state index is -0.671. The van der Waals surface area contributed by atoms with Crippen LogP contribution < -0.4 is 15.6 Å². The summed E-state index contributed by atoms with van der Waals surface area (Å²) in [4.78, 5) is 14.3. The number of nitrogens with one attached hydrogen (secondary N) is 2. The molecular formula is C33H32N2O4. The van der Waals surface area contributed by atoms with E-state index in [2.05, 4.69) is 52.8 Å². The minimum absolute atomic E-state index is 0.000196. The van der Waals surface area contributed by atoms with Crippen LogP contribution in [0.5, 0.6) is 11.5 Å². The number of fused-ring (bicyclic) bond motifs is 1. The molecule has 4 N–H and O–H groups in total. The molecule has 5 aromatic rings. The molecule has 0 aliphatic heterocycles. The van der Waals surface area contributed by atoms with Crippen LogP contribution in [0.3, 0.4) is 0 Å². The fourth-order valence-corrected chi connectivity index (χ4v) is 4.92. The number of aromatic nitrogens is 1. The number of aliphatic hydroxyl groups excluding tert-OH is 1. The molecule has 0 saturated heterocycles. The number of aryl methyl sites for hydroxylation is 1. The summed E-state index contributed by atoms with van der Waals surface area (Å²) in [6.07, 6.45) is 2.63. The van der Waals surface area contributed by atoms with E-state index in [1.165, 1.54) is 17.7 Å². The fraction of sp³-hybridized carbons (Fsp3) is 0.182. The third-order valence-corrected chi connectivity index (χ3v) is 6.99. The number of anilines is 2. The molecule has 1 atom stereocenters. The number of aliphatic hydroxyl groups is 1. The fourth-order valence-electron chi connectivity index (χ4n) is 4.92. The van der Waals surface area contributed by atoms with Crippen molar-refractivity contribution in [2.24, 2.45) is 0 Å². The lowest BCUT2D eigenvalue weighted by Gasteiger charge is -2.14. The summed E-state index contributed by atoms with van der Waals surface area (Å²) in [6.45, 7) is 0. The molecule has 0 bridgehead atoms. The van der Waals surface area contributed by atoms with Gasteiger partial charge in [0.25, 0.3) is 0 Å². The topological polar surface area (TPSA) is 94.6 Å². The smallest absolute Gasteiger partial charge is 0.248 e. The van der Waals surface area contributed by atoms with E-state index in [1.54, 1.807) is 19.2 Å². The van der Waals surface area contributed by atoms with Gasteiger partial charge in [0.15, 0.2) is 0 Å². The molecule has 1 aromatic heterocycles. The van der Waals surface area contributed by atoms with Gasteiger partial charge in [0.05, 0.1) is 18.7 Å². The van der Waals surface area contributed by atoms with E-state index in [-0.39, 0.29) is 11.3 Å². The van der Waals surface area contributed by atoms with E-state index in [4.69, 9.17) is 4.74 Å². The average Bonchev–Trinajstić information content (AvgIpc) is 2.97. The van der Waals surface area contributed by atoms with Gasteiger partial charge in [-0.3, -0.25) is 4.79 Å². The van der Waals surface area contributed by atoms with Crippen LogP contribution in [0.1, 0.15) is 36.5 Å².